The number of nitrogens with two attached hydrogens (primary N) is 1. The molecule has 0 bridgehead atoms. The van der Waals surface area contributed by atoms with Crippen molar-refractivity contribution >= 4 is 30.3 Å². The molecule has 3 rings (SSSR count). The maximum Gasteiger partial charge on any atom is 0.325 e. The van der Waals surface area contributed by atoms with Crippen molar-refractivity contribution in [1.82, 2.24) is 19.5 Å². The third-order valence-electron chi connectivity index (χ3n) is 5.15. The molecule has 2 aromatic rings. The van der Waals surface area contributed by atoms with E-state index in [1.807, 2.05) is 16.7 Å². The summed E-state index contributed by atoms with van der Waals surface area (Å²) in [7, 11) is -3.91. The fraction of sp³-hybridized carbons (Fsp3) is 0.421. The van der Waals surface area contributed by atoms with Crippen LogP contribution in [0.5, 0.6) is 0 Å². The van der Waals surface area contributed by atoms with Crippen LogP contribution in [0.1, 0.15) is 32.1 Å². The molecule has 0 atom stereocenters. The molecule has 1 aliphatic carbocycles. The van der Waals surface area contributed by atoms with Crippen LogP contribution in [0.4, 0.5) is 5.82 Å². The summed E-state index contributed by atoms with van der Waals surface area (Å²) in [6, 6.07) is 0. The van der Waals surface area contributed by atoms with Gasteiger partial charge in [-0.15, -0.1) is 0 Å². The van der Waals surface area contributed by atoms with Gasteiger partial charge in [0.2, 0.25) is 0 Å². The lowest BCUT2D eigenvalue weighted by atomic mass is 9.81. The normalized spacial score (nSPS) is 21.4. The molecular formula is C19H26N5O3P. The van der Waals surface area contributed by atoms with Crippen molar-refractivity contribution in [2.75, 3.05) is 11.9 Å². The number of hydrogen-bond donors (Lipinski definition) is 3. The van der Waals surface area contributed by atoms with Gasteiger partial charge in [0.15, 0.2) is 17.0 Å². The highest BCUT2D eigenvalue weighted by molar-refractivity contribution is 7.51. The van der Waals surface area contributed by atoms with E-state index in [0.717, 1.165) is 37.8 Å². The summed E-state index contributed by atoms with van der Waals surface area (Å²) in [5, 5.41) is 0. The van der Waals surface area contributed by atoms with Crippen molar-refractivity contribution in [3.63, 3.8) is 0 Å². The maximum absolute atomic E-state index is 11.2. The fourth-order valence-corrected chi connectivity index (χ4v) is 4.78. The van der Waals surface area contributed by atoms with E-state index in [1.165, 1.54) is 6.33 Å². The Kier molecular flexibility index (Phi) is 6.44. The van der Waals surface area contributed by atoms with Gasteiger partial charge in [-0.25, -0.2) is 15.0 Å². The minimum Gasteiger partial charge on any atom is -0.382 e. The van der Waals surface area contributed by atoms with Crippen LogP contribution in [-0.4, -0.2) is 35.5 Å². The lowest BCUT2D eigenvalue weighted by Crippen LogP contribution is -2.17. The summed E-state index contributed by atoms with van der Waals surface area (Å²) in [5.41, 5.74) is 7.94. The molecule has 0 unspecified atom stereocenters. The number of nitrogens with zero attached hydrogens (tertiary/aromatic N) is 4. The first-order valence-corrected chi connectivity index (χ1v) is 11.1. The van der Waals surface area contributed by atoms with Gasteiger partial charge in [-0.3, -0.25) is 9.13 Å². The minimum absolute atomic E-state index is 0.0144. The molecule has 2 heterocycles. The van der Waals surface area contributed by atoms with E-state index in [4.69, 9.17) is 15.5 Å². The smallest absolute Gasteiger partial charge is 0.325 e. The second kappa shape index (κ2) is 8.82. The molecule has 0 spiro atoms. The average Bonchev–Trinajstić information content (AvgIpc) is 3.06. The Labute approximate surface area is 164 Å². The molecule has 0 amide bonds. The van der Waals surface area contributed by atoms with Gasteiger partial charge in [-0.1, -0.05) is 18.7 Å². The van der Waals surface area contributed by atoms with Crippen molar-refractivity contribution in [3.8, 4) is 0 Å². The van der Waals surface area contributed by atoms with E-state index in [-0.39, 0.29) is 12.1 Å². The summed E-state index contributed by atoms with van der Waals surface area (Å²) in [5.74, 6) is 1.02. The van der Waals surface area contributed by atoms with Crippen molar-refractivity contribution in [2.24, 2.45) is 11.8 Å². The van der Waals surface area contributed by atoms with E-state index in [2.05, 4.69) is 27.6 Å². The molecule has 0 aromatic carbocycles. The zero-order valence-electron chi connectivity index (χ0n) is 15.7. The fourth-order valence-electron chi connectivity index (χ4n) is 3.75. The van der Waals surface area contributed by atoms with Gasteiger partial charge in [0.25, 0.3) is 0 Å². The summed E-state index contributed by atoms with van der Waals surface area (Å²) >= 11 is 0. The van der Waals surface area contributed by atoms with Gasteiger partial charge >= 0.3 is 7.60 Å². The third-order valence-corrected chi connectivity index (χ3v) is 6.14. The predicted molar refractivity (Wildman–Crippen MR) is 110 cm³/mol. The van der Waals surface area contributed by atoms with E-state index >= 15 is 0 Å². The molecule has 28 heavy (non-hydrogen) atoms. The van der Waals surface area contributed by atoms with Gasteiger partial charge in [0.1, 0.15) is 12.7 Å². The summed E-state index contributed by atoms with van der Waals surface area (Å²) in [4.78, 5) is 30.8. The van der Waals surface area contributed by atoms with Crippen LogP contribution in [0, 0.1) is 11.8 Å². The minimum atomic E-state index is -3.91. The van der Waals surface area contributed by atoms with Crippen molar-refractivity contribution in [2.45, 2.75) is 32.1 Å². The Morgan fingerprint density at radius 3 is 2.64 bits per heavy atom. The van der Waals surface area contributed by atoms with E-state index < -0.39 is 7.60 Å². The molecule has 1 saturated carbocycles. The summed E-state index contributed by atoms with van der Waals surface area (Å²) < 4.78 is 13.0. The van der Waals surface area contributed by atoms with Crippen LogP contribution < -0.4 is 5.73 Å². The van der Waals surface area contributed by atoms with E-state index in [1.54, 1.807) is 12.4 Å². The number of rotatable bonds is 7. The molecule has 9 heteroatoms. The molecule has 150 valence electrons. The lowest BCUT2D eigenvalue weighted by Gasteiger charge is -2.27. The molecule has 4 N–H and O–H groups in total. The Bertz CT molecular complexity index is 938. The Morgan fingerprint density at radius 2 is 1.96 bits per heavy atom. The number of hydrogen-bond acceptors (Lipinski definition) is 5. The highest BCUT2D eigenvalue weighted by atomic mass is 31.2. The molecule has 8 nitrogen and oxygen atoms in total. The zero-order chi connectivity index (χ0) is 20.1. The molecule has 2 aromatic heterocycles. The monoisotopic (exact) mass is 403 g/mol. The van der Waals surface area contributed by atoms with Gasteiger partial charge < -0.3 is 15.5 Å². The van der Waals surface area contributed by atoms with Crippen LogP contribution >= 0.6 is 7.60 Å². The Hall–Kier alpha value is -2.28. The number of allylic oxidation sites excluding steroid dienone is 5. The summed E-state index contributed by atoms with van der Waals surface area (Å²) in [6.45, 7) is 3.78. The molecular weight excluding hydrogens is 377 g/mol. The van der Waals surface area contributed by atoms with Crippen LogP contribution in [0.2, 0.25) is 0 Å². The highest BCUT2D eigenvalue weighted by Crippen LogP contribution is 2.42. The molecule has 1 fully saturated rings. The molecule has 0 aliphatic heterocycles. The van der Waals surface area contributed by atoms with Crippen LogP contribution in [0.25, 0.3) is 16.9 Å². The number of anilines is 1. The quantitative estimate of drug-likeness (QED) is 0.478. The topological polar surface area (TPSA) is 127 Å². The first-order valence-electron chi connectivity index (χ1n) is 9.35. The zero-order valence-corrected chi connectivity index (χ0v) is 16.6. The van der Waals surface area contributed by atoms with Gasteiger partial charge in [-0.05, 0) is 56.1 Å². The van der Waals surface area contributed by atoms with Crippen LogP contribution in [0.15, 0.2) is 43.5 Å². The SMILES string of the molecule is C=C/C=C(\C=C/C[C@H]1CC[C@H](CP(=O)(O)O)CC1)n1cnc2c(N)ncnc21. The van der Waals surface area contributed by atoms with E-state index in [0.29, 0.717) is 22.9 Å². The Balaban J connectivity index is 1.63. The Morgan fingerprint density at radius 1 is 1.25 bits per heavy atom. The first-order chi connectivity index (χ1) is 13.4. The van der Waals surface area contributed by atoms with Gasteiger partial charge in [0, 0.05) is 5.70 Å². The molecule has 0 radical (unpaired) electrons. The van der Waals surface area contributed by atoms with Gasteiger partial charge in [0.05, 0.1) is 6.16 Å². The molecule has 0 saturated heterocycles. The number of nitrogen functional groups attached to an aromatic ring is 1. The highest BCUT2D eigenvalue weighted by Gasteiger charge is 2.26. The second-order valence-electron chi connectivity index (χ2n) is 7.25. The van der Waals surface area contributed by atoms with E-state index in [9.17, 15) is 4.57 Å². The predicted octanol–water partition coefficient (Wildman–Crippen LogP) is 3.37. The van der Waals surface area contributed by atoms with Crippen LogP contribution in [0.3, 0.4) is 0 Å². The largest absolute Gasteiger partial charge is 0.382 e. The van der Waals surface area contributed by atoms with Crippen LogP contribution in [-0.2, 0) is 4.57 Å². The first kappa shape index (κ1) is 20.5. The average molecular weight is 403 g/mol. The standard InChI is InChI=1S/C19H26N5O3P/c1-2-4-16(24-13-23-17-18(20)21-12-22-19(17)24)6-3-5-14-7-9-15(10-8-14)11-28(25,26)27/h2-4,6,12-15H,1,5,7-11H2,(H2,20,21,22)(H2,25,26,27)/b6-3-,16-4+/t14-,15-. The maximum atomic E-state index is 11.2. The van der Waals surface area contributed by atoms with Crippen molar-refractivity contribution < 1.29 is 14.4 Å². The third kappa shape index (κ3) is 5.16. The number of fused-ring (bicyclic) bond motifs is 1. The van der Waals surface area contributed by atoms with Gasteiger partial charge in [-0.2, -0.15) is 0 Å². The lowest BCUT2D eigenvalue weighted by molar-refractivity contribution is 0.278. The molecule has 1 aliphatic rings. The second-order valence-corrected chi connectivity index (χ2v) is 8.94. The number of aromatic nitrogens is 4. The summed E-state index contributed by atoms with van der Waals surface area (Å²) in [6.07, 6.45) is 15.5. The van der Waals surface area contributed by atoms with Crippen molar-refractivity contribution in [3.05, 3.63) is 43.5 Å². The number of imidazole rings is 1. The van der Waals surface area contributed by atoms with Crippen molar-refractivity contribution in [1.29, 1.82) is 0 Å².